The summed E-state index contributed by atoms with van der Waals surface area (Å²) in [6, 6.07) is 6.05. The van der Waals surface area contributed by atoms with E-state index in [0.29, 0.717) is 6.42 Å². The van der Waals surface area contributed by atoms with Crippen molar-refractivity contribution in [1.82, 2.24) is 0 Å². The molecule has 1 amide bonds. The molecule has 0 aromatic heterocycles. The quantitative estimate of drug-likeness (QED) is 0.342. The highest BCUT2D eigenvalue weighted by Crippen LogP contribution is 2.19. The minimum Gasteiger partial charge on any atom is -0.326 e. The largest absolute Gasteiger partial charge is 0.326 e. The van der Waals surface area contributed by atoms with Crippen LogP contribution < -0.4 is 5.32 Å². The van der Waals surface area contributed by atoms with E-state index in [9.17, 15) is 4.79 Å². The maximum Gasteiger partial charge on any atom is 0.224 e. The average molecular weight is 392 g/mol. The summed E-state index contributed by atoms with van der Waals surface area (Å²) in [4.78, 5) is 12.1. The molecule has 1 rings (SSSR count). The van der Waals surface area contributed by atoms with Crippen LogP contribution in [0.15, 0.2) is 79.0 Å². The van der Waals surface area contributed by atoms with Gasteiger partial charge in [0.15, 0.2) is 0 Å². The number of para-hydroxylation sites is 1. The fourth-order valence-electron chi connectivity index (χ4n) is 2.80. The molecule has 1 aromatic rings. The van der Waals surface area contributed by atoms with Crippen molar-refractivity contribution in [2.45, 2.75) is 65.7 Å². The number of nitrogens with one attached hydrogen (secondary N) is 1. The summed E-state index contributed by atoms with van der Waals surface area (Å²) in [6.07, 6.45) is 28.1. The van der Waals surface area contributed by atoms with E-state index >= 15 is 0 Å². The molecule has 0 bridgehead atoms. The average Bonchev–Trinajstić information content (AvgIpc) is 2.70. The Kier molecular flexibility index (Phi) is 13.8. The van der Waals surface area contributed by atoms with Gasteiger partial charge in [0.1, 0.15) is 0 Å². The molecule has 0 atom stereocenters. The van der Waals surface area contributed by atoms with E-state index in [0.717, 1.165) is 55.3 Å². The van der Waals surface area contributed by atoms with Gasteiger partial charge in [0, 0.05) is 12.1 Å². The molecule has 0 aliphatic carbocycles. The van der Waals surface area contributed by atoms with Crippen molar-refractivity contribution >= 4 is 11.6 Å². The van der Waals surface area contributed by atoms with Crippen molar-refractivity contribution in [2.75, 3.05) is 5.32 Å². The number of aryl methyl sites for hydroxylation is 2. The smallest absolute Gasteiger partial charge is 0.224 e. The lowest BCUT2D eigenvalue weighted by Crippen LogP contribution is -2.12. The normalized spacial score (nSPS) is 12.4. The molecule has 29 heavy (non-hydrogen) atoms. The molecule has 0 aliphatic heterocycles. The summed E-state index contributed by atoms with van der Waals surface area (Å²) in [5.41, 5.74) is 3.16. The Hall–Kier alpha value is -2.61. The molecule has 2 nitrogen and oxygen atoms in total. The number of hydrogen-bond acceptors (Lipinski definition) is 1. The Balaban J connectivity index is 2.10. The Morgan fingerprint density at radius 3 is 1.69 bits per heavy atom. The van der Waals surface area contributed by atoms with E-state index in [1.165, 1.54) is 0 Å². The summed E-state index contributed by atoms with van der Waals surface area (Å²) < 4.78 is 0. The first-order chi connectivity index (χ1) is 14.1. The molecule has 2 heteroatoms. The van der Waals surface area contributed by atoms with Crippen LogP contribution in [0.25, 0.3) is 0 Å². The number of anilines is 1. The van der Waals surface area contributed by atoms with E-state index in [-0.39, 0.29) is 5.91 Å². The predicted molar refractivity (Wildman–Crippen MR) is 128 cm³/mol. The summed E-state index contributed by atoms with van der Waals surface area (Å²) in [5.74, 6) is 0.0724. The second-order valence-electron chi connectivity index (χ2n) is 7.06. The molecule has 0 unspecified atom stereocenters. The van der Waals surface area contributed by atoms with Gasteiger partial charge in [0.2, 0.25) is 5.91 Å². The van der Waals surface area contributed by atoms with E-state index < -0.39 is 0 Å². The third-order valence-electron chi connectivity index (χ3n) is 4.44. The first-order valence-corrected chi connectivity index (χ1v) is 10.8. The van der Waals surface area contributed by atoms with Crippen molar-refractivity contribution < 1.29 is 4.79 Å². The first kappa shape index (κ1) is 24.4. The molecule has 1 aromatic carbocycles. The van der Waals surface area contributed by atoms with Crippen LogP contribution >= 0.6 is 0 Å². The minimum atomic E-state index is 0.0724. The maximum atomic E-state index is 12.1. The van der Waals surface area contributed by atoms with Crippen LogP contribution in [0.5, 0.6) is 0 Å². The van der Waals surface area contributed by atoms with Crippen LogP contribution in [-0.2, 0) is 4.79 Å². The van der Waals surface area contributed by atoms with E-state index in [4.69, 9.17) is 0 Å². The van der Waals surface area contributed by atoms with Crippen LogP contribution in [0, 0.1) is 13.8 Å². The van der Waals surface area contributed by atoms with Gasteiger partial charge in [0.25, 0.3) is 0 Å². The Morgan fingerprint density at radius 1 is 0.759 bits per heavy atom. The third-order valence-corrected chi connectivity index (χ3v) is 4.44. The summed E-state index contributed by atoms with van der Waals surface area (Å²) in [7, 11) is 0. The number of benzene rings is 1. The predicted octanol–water partition coefficient (Wildman–Crippen LogP) is 7.77. The second kappa shape index (κ2) is 16.4. The number of amides is 1. The SMILES string of the molecule is CCC=CCC=CCC=CCC=CCC=CCCC(=O)Nc1c(C)cccc1C. The Bertz CT molecular complexity index is 715. The van der Waals surface area contributed by atoms with E-state index in [1.807, 2.05) is 32.0 Å². The number of rotatable bonds is 13. The molecule has 0 heterocycles. The Morgan fingerprint density at radius 2 is 1.21 bits per heavy atom. The molecule has 0 fully saturated rings. The third kappa shape index (κ3) is 12.5. The van der Waals surface area contributed by atoms with Gasteiger partial charge in [-0.3, -0.25) is 4.79 Å². The highest BCUT2D eigenvalue weighted by molar-refractivity contribution is 5.92. The van der Waals surface area contributed by atoms with Crippen molar-refractivity contribution in [3.05, 3.63) is 90.1 Å². The van der Waals surface area contributed by atoms with Crippen molar-refractivity contribution in [2.24, 2.45) is 0 Å². The number of carbonyl (C=O) groups is 1. The van der Waals surface area contributed by atoms with Crippen LogP contribution in [0.1, 0.15) is 63.0 Å². The van der Waals surface area contributed by atoms with Gasteiger partial charge in [-0.05, 0) is 63.5 Å². The van der Waals surface area contributed by atoms with Gasteiger partial charge in [-0.15, -0.1) is 0 Å². The standard InChI is InChI=1S/C27H37NO/c1-4-5-6-7-8-9-10-11-12-13-14-15-16-17-18-19-23-26(29)28-27-24(2)21-20-22-25(27)3/h5-6,8-9,11-12,14-15,17-18,20-22H,4,7,10,13,16,19,23H2,1-3H3,(H,28,29). The summed E-state index contributed by atoms with van der Waals surface area (Å²) >= 11 is 0. The lowest BCUT2D eigenvalue weighted by atomic mass is 10.1. The van der Waals surface area contributed by atoms with Gasteiger partial charge in [-0.2, -0.15) is 0 Å². The van der Waals surface area contributed by atoms with E-state index in [1.54, 1.807) is 0 Å². The highest BCUT2D eigenvalue weighted by atomic mass is 16.1. The highest BCUT2D eigenvalue weighted by Gasteiger charge is 2.05. The lowest BCUT2D eigenvalue weighted by molar-refractivity contribution is -0.116. The topological polar surface area (TPSA) is 29.1 Å². The summed E-state index contributed by atoms with van der Waals surface area (Å²) in [6.45, 7) is 6.19. The lowest BCUT2D eigenvalue weighted by Gasteiger charge is -2.10. The minimum absolute atomic E-state index is 0.0724. The molecule has 1 N–H and O–H groups in total. The van der Waals surface area contributed by atoms with Crippen molar-refractivity contribution in [1.29, 1.82) is 0 Å². The van der Waals surface area contributed by atoms with Gasteiger partial charge in [-0.25, -0.2) is 0 Å². The van der Waals surface area contributed by atoms with Gasteiger partial charge in [-0.1, -0.05) is 85.9 Å². The fourth-order valence-corrected chi connectivity index (χ4v) is 2.80. The molecule has 0 saturated heterocycles. The molecule has 0 saturated carbocycles. The molecular formula is C27H37NO. The Labute approximate surface area is 177 Å². The van der Waals surface area contributed by atoms with Crippen LogP contribution in [0.4, 0.5) is 5.69 Å². The fraction of sp³-hybridized carbons (Fsp3) is 0.370. The zero-order chi connectivity index (χ0) is 21.2. The number of allylic oxidation sites excluding steroid dienone is 10. The maximum absolute atomic E-state index is 12.1. The molecule has 0 spiro atoms. The summed E-state index contributed by atoms with van der Waals surface area (Å²) in [5, 5.41) is 3.03. The number of carbonyl (C=O) groups excluding carboxylic acids is 1. The van der Waals surface area contributed by atoms with Crippen LogP contribution in [0.3, 0.4) is 0 Å². The monoisotopic (exact) mass is 391 g/mol. The number of hydrogen-bond donors (Lipinski definition) is 1. The molecular weight excluding hydrogens is 354 g/mol. The van der Waals surface area contributed by atoms with Crippen molar-refractivity contribution in [3.63, 3.8) is 0 Å². The van der Waals surface area contributed by atoms with Gasteiger partial charge < -0.3 is 5.32 Å². The van der Waals surface area contributed by atoms with Crippen LogP contribution in [0.2, 0.25) is 0 Å². The first-order valence-electron chi connectivity index (χ1n) is 10.8. The zero-order valence-electron chi connectivity index (χ0n) is 18.4. The van der Waals surface area contributed by atoms with Crippen LogP contribution in [-0.4, -0.2) is 5.91 Å². The second-order valence-corrected chi connectivity index (χ2v) is 7.06. The van der Waals surface area contributed by atoms with Gasteiger partial charge >= 0.3 is 0 Å². The van der Waals surface area contributed by atoms with E-state index in [2.05, 4.69) is 73.0 Å². The van der Waals surface area contributed by atoms with Gasteiger partial charge in [0.05, 0.1) is 0 Å². The van der Waals surface area contributed by atoms with Crippen molar-refractivity contribution in [3.8, 4) is 0 Å². The molecule has 0 aliphatic rings. The molecule has 156 valence electrons. The zero-order valence-corrected chi connectivity index (χ0v) is 18.4. The molecule has 0 radical (unpaired) electrons.